The van der Waals surface area contributed by atoms with Crippen LogP contribution < -0.4 is 4.90 Å². The molecule has 0 saturated carbocycles. The third kappa shape index (κ3) is 5.84. The summed E-state index contributed by atoms with van der Waals surface area (Å²) in [6, 6.07) is 75.1. The smallest absolute Gasteiger partial charge is 0.0562 e. The maximum atomic E-state index is 2.49. The predicted octanol–water partition coefficient (Wildman–Crippen LogP) is 15.0. The van der Waals surface area contributed by atoms with Gasteiger partial charge in [0, 0.05) is 33.4 Å². The summed E-state index contributed by atoms with van der Waals surface area (Å²) in [6.45, 7) is 4.43. The highest BCUT2D eigenvalue weighted by Crippen LogP contribution is 2.43. The van der Waals surface area contributed by atoms with Crippen molar-refractivity contribution in [3.05, 3.63) is 217 Å². The minimum Gasteiger partial charge on any atom is -0.310 e. The van der Waals surface area contributed by atoms with E-state index >= 15 is 0 Å². The Kier molecular flexibility index (Phi) is 8.30. The SMILES string of the molecule is Cc1ccc(-n2c3ccccc3c3ccc(N(c4ccc(-c5ccccc5)cc4)c4ccc(-c5ccccc5)cc4)cc32)c(-c2c(C)ccc3ccccc23)c1. The number of aryl methyl sites for hydroxylation is 2. The molecule has 0 bridgehead atoms. The highest BCUT2D eigenvalue weighted by molar-refractivity contribution is 6.11. The van der Waals surface area contributed by atoms with Gasteiger partial charge in [-0.2, -0.15) is 0 Å². The maximum absolute atomic E-state index is 2.49. The quantitative estimate of drug-likeness (QED) is 0.159. The molecular weight excluding hydrogens is 677 g/mol. The second-order valence-electron chi connectivity index (χ2n) is 14.7. The Morgan fingerprint density at radius 3 is 1.57 bits per heavy atom. The first-order valence-electron chi connectivity index (χ1n) is 19.3. The van der Waals surface area contributed by atoms with Crippen LogP contribution in [0, 0.1) is 13.8 Å². The molecule has 0 fully saturated rings. The van der Waals surface area contributed by atoms with Crippen LogP contribution in [0.5, 0.6) is 0 Å². The van der Waals surface area contributed by atoms with Gasteiger partial charge in [0.05, 0.1) is 16.7 Å². The van der Waals surface area contributed by atoms with Crippen LogP contribution in [0.15, 0.2) is 206 Å². The van der Waals surface area contributed by atoms with Gasteiger partial charge in [-0.25, -0.2) is 0 Å². The van der Waals surface area contributed by atoms with Crippen molar-refractivity contribution < 1.29 is 0 Å². The zero-order valence-electron chi connectivity index (χ0n) is 31.5. The molecular formula is C54H40N2. The van der Waals surface area contributed by atoms with Crippen molar-refractivity contribution >= 4 is 49.6 Å². The van der Waals surface area contributed by atoms with Crippen molar-refractivity contribution in [3.63, 3.8) is 0 Å². The molecule has 0 aliphatic carbocycles. The van der Waals surface area contributed by atoms with Gasteiger partial charge in [0.1, 0.15) is 0 Å². The van der Waals surface area contributed by atoms with Crippen LogP contribution in [-0.2, 0) is 0 Å². The summed E-state index contributed by atoms with van der Waals surface area (Å²) in [5.74, 6) is 0. The molecule has 1 heterocycles. The van der Waals surface area contributed by atoms with E-state index in [1.807, 2.05) is 0 Å². The lowest BCUT2D eigenvalue weighted by Gasteiger charge is -2.26. The Hall–Kier alpha value is -7.16. The maximum Gasteiger partial charge on any atom is 0.0562 e. The molecule has 2 nitrogen and oxygen atoms in total. The molecule has 0 aliphatic heterocycles. The van der Waals surface area contributed by atoms with Crippen molar-refractivity contribution in [2.24, 2.45) is 0 Å². The molecule has 0 unspecified atom stereocenters. The molecule has 10 aromatic rings. The molecule has 9 aromatic carbocycles. The van der Waals surface area contributed by atoms with E-state index in [2.05, 4.69) is 230 Å². The van der Waals surface area contributed by atoms with Crippen molar-refractivity contribution in [1.29, 1.82) is 0 Å². The van der Waals surface area contributed by atoms with E-state index in [1.54, 1.807) is 0 Å². The molecule has 10 rings (SSSR count). The first kappa shape index (κ1) is 33.4. The first-order chi connectivity index (χ1) is 27.6. The van der Waals surface area contributed by atoms with Crippen LogP contribution in [0.1, 0.15) is 11.1 Å². The molecule has 2 heteroatoms. The number of nitrogens with zero attached hydrogens (tertiary/aromatic N) is 2. The Labute approximate surface area is 328 Å². The summed E-state index contributed by atoms with van der Waals surface area (Å²) in [7, 11) is 0. The van der Waals surface area contributed by atoms with Crippen molar-refractivity contribution in [3.8, 4) is 39.1 Å². The summed E-state index contributed by atoms with van der Waals surface area (Å²) in [6.07, 6.45) is 0. The minimum absolute atomic E-state index is 1.09. The van der Waals surface area contributed by atoms with Gasteiger partial charge in [-0.1, -0.05) is 157 Å². The van der Waals surface area contributed by atoms with E-state index in [0.29, 0.717) is 0 Å². The zero-order valence-corrected chi connectivity index (χ0v) is 31.5. The number of fused-ring (bicyclic) bond motifs is 4. The molecule has 0 N–H and O–H groups in total. The number of para-hydroxylation sites is 1. The van der Waals surface area contributed by atoms with Crippen LogP contribution in [0.4, 0.5) is 17.1 Å². The van der Waals surface area contributed by atoms with Gasteiger partial charge >= 0.3 is 0 Å². The summed E-state index contributed by atoms with van der Waals surface area (Å²) in [5, 5.41) is 4.98. The predicted molar refractivity (Wildman–Crippen MR) is 239 cm³/mol. The standard InChI is InChI=1S/C54H40N2/c1-37-21-34-52(50(35-37)54-38(2)22-23-43-17-9-10-18-47(43)54)56-51-20-12-11-19-48(51)49-33-32-46(36-53(49)56)55(44-28-24-41(25-29-44)39-13-5-3-6-14-39)45-30-26-42(27-31-45)40-15-7-4-8-16-40/h3-36H,1-2H3. The first-order valence-corrected chi connectivity index (χ1v) is 19.3. The fraction of sp³-hybridized carbons (Fsp3) is 0.0370. The van der Waals surface area contributed by atoms with E-state index in [0.717, 1.165) is 17.1 Å². The van der Waals surface area contributed by atoms with Gasteiger partial charge in [0.15, 0.2) is 0 Å². The lowest BCUT2D eigenvalue weighted by atomic mass is 9.92. The van der Waals surface area contributed by atoms with Crippen molar-refractivity contribution in [2.75, 3.05) is 4.90 Å². The minimum atomic E-state index is 1.09. The molecule has 0 saturated heterocycles. The fourth-order valence-electron chi connectivity index (χ4n) is 8.46. The van der Waals surface area contributed by atoms with E-state index in [4.69, 9.17) is 0 Å². The van der Waals surface area contributed by atoms with Gasteiger partial charge in [-0.05, 0) is 113 Å². The third-order valence-corrected chi connectivity index (χ3v) is 11.2. The summed E-state index contributed by atoms with van der Waals surface area (Å²) in [4.78, 5) is 2.38. The molecule has 0 aliphatic rings. The van der Waals surface area contributed by atoms with Crippen molar-refractivity contribution in [2.45, 2.75) is 13.8 Å². The van der Waals surface area contributed by atoms with Gasteiger partial charge in [0.25, 0.3) is 0 Å². The Morgan fingerprint density at radius 2 is 0.911 bits per heavy atom. The summed E-state index contributed by atoms with van der Waals surface area (Å²) in [5.41, 5.74) is 16.6. The van der Waals surface area contributed by atoms with Crippen molar-refractivity contribution in [1.82, 2.24) is 4.57 Å². The van der Waals surface area contributed by atoms with E-state index in [1.165, 1.54) is 82.8 Å². The van der Waals surface area contributed by atoms with Gasteiger partial charge < -0.3 is 9.47 Å². The van der Waals surface area contributed by atoms with E-state index < -0.39 is 0 Å². The van der Waals surface area contributed by atoms with Gasteiger partial charge in [-0.3, -0.25) is 0 Å². The van der Waals surface area contributed by atoms with Crippen LogP contribution in [0.25, 0.3) is 71.6 Å². The topological polar surface area (TPSA) is 8.17 Å². The van der Waals surface area contributed by atoms with Crippen LogP contribution in [0.3, 0.4) is 0 Å². The molecule has 0 atom stereocenters. The largest absolute Gasteiger partial charge is 0.310 e. The highest BCUT2D eigenvalue weighted by Gasteiger charge is 2.21. The summed E-state index contributed by atoms with van der Waals surface area (Å²) >= 11 is 0. The Morgan fingerprint density at radius 1 is 0.375 bits per heavy atom. The fourth-order valence-corrected chi connectivity index (χ4v) is 8.46. The molecule has 266 valence electrons. The van der Waals surface area contributed by atoms with E-state index in [9.17, 15) is 0 Å². The van der Waals surface area contributed by atoms with Crippen LogP contribution in [0.2, 0.25) is 0 Å². The Balaban J connectivity index is 1.19. The molecule has 0 radical (unpaired) electrons. The third-order valence-electron chi connectivity index (χ3n) is 11.2. The second kappa shape index (κ2) is 13.9. The number of hydrogen-bond acceptors (Lipinski definition) is 1. The van der Waals surface area contributed by atoms with Gasteiger partial charge in [0.2, 0.25) is 0 Å². The molecule has 56 heavy (non-hydrogen) atoms. The lowest BCUT2D eigenvalue weighted by Crippen LogP contribution is -2.10. The summed E-state index contributed by atoms with van der Waals surface area (Å²) < 4.78 is 2.49. The normalized spacial score (nSPS) is 11.4. The number of hydrogen-bond donors (Lipinski definition) is 0. The zero-order chi connectivity index (χ0) is 37.6. The number of anilines is 3. The van der Waals surface area contributed by atoms with E-state index in [-0.39, 0.29) is 0 Å². The lowest BCUT2D eigenvalue weighted by molar-refractivity contribution is 1.17. The number of rotatable bonds is 7. The van der Waals surface area contributed by atoms with Crippen LogP contribution >= 0.6 is 0 Å². The molecule has 0 spiro atoms. The molecule has 0 amide bonds. The average Bonchev–Trinajstić information content (AvgIpc) is 3.58. The Bertz CT molecular complexity index is 2930. The number of aromatic nitrogens is 1. The average molecular weight is 717 g/mol. The molecule has 1 aromatic heterocycles. The second-order valence-corrected chi connectivity index (χ2v) is 14.7. The van der Waals surface area contributed by atoms with Gasteiger partial charge in [-0.15, -0.1) is 0 Å². The van der Waals surface area contributed by atoms with Crippen LogP contribution in [-0.4, -0.2) is 4.57 Å². The monoisotopic (exact) mass is 716 g/mol. The highest BCUT2D eigenvalue weighted by atomic mass is 15.1. The number of benzene rings is 9.